The Kier molecular flexibility index (Phi) is 5.83. The Morgan fingerprint density at radius 2 is 1.87 bits per heavy atom. The number of aromatic nitrogens is 3. The topological polar surface area (TPSA) is 134 Å². The highest BCUT2D eigenvalue weighted by Gasteiger charge is 2.52. The van der Waals surface area contributed by atoms with E-state index >= 15 is 0 Å². The number of rotatable bonds is 6. The van der Waals surface area contributed by atoms with Crippen molar-refractivity contribution in [3.05, 3.63) is 77.6 Å². The number of carbonyl (C=O) groups excluding carboxylic acids is 2. The highest BCUT2D eigenvalue weighted by molar-refractivity contribution is 7.90. The van der Waals surface area contributed by atoms with Gasteiger partial charge in [0.1, 0.15) is 5.82 Å². The maximum absolute atomic E-state index is 12.7. The van der Waals surface area contributed by atoms with Gasteiger partial charge in [0.05, 0.1) is 46.1 Å². The van der Waals surface area contributed by atoms with Crippen LogP contribution in [-0.2, 0) is 16.4 Å². The lowest BCUT2D eigenvalue weighted by molar-refractivity contribution is 0.0950. The predicted molar refractivity (Wildman–Crippen MR) is 146 cm³/mol. The molecule has 2 aliphatic rings. The van der Waals surface area contributed by atoms with E-state index in [1.165, 1.54) is 6.07 Å². The molecule has 1 spiro atoms. The average molecular weight is 543 g/mol. The first kappa shape index (κ1) is 24.9. The average Bonchev–Trinajstić information content (AvgIpc) is 3.59. The summed E-state index contributed by atoms with van der Waals surface area (Å²) >= 11 is 0. The van der Waals surface area contributed by atoms with Crippen molar-refractivity contribution >= 4 is 38.5 Å². The van der Waals surface area contributed by atoms with Crippen LogP contribution in [0, 0.1) is 6.92 Å². The molecule has 1 aliphatic carbocycles. The molecule has 3 aromatic heterocycles. The van der Waals surface area contributed by atoms with Crippen molar-refractivity contribution in [1.82, 2.24) is 25.6 Å². The number of carbonyl (C=O) groups is 2. The number of hydrogen-bond donors (Lipinski definition) is 2. The lowest BCUT2D eigenvalue weighted by Gasteiger charge is -2.14. The van der Waals surface area contributed by atoms with E-state index in [0.29, 0.717) is 40.5 Å². The Labute approximate surface area is 225 Å². The summed E-state index contributed by atoms with van der Waals surface area (Å²) in [5.74, 6) is 0.187. The zero-order valence-corrected chi connectivity index (χ0v) is 22.2. The molecule has 1 aromatic carbocycles. The first-order chi connectivity index (χ1) is 18.6. The third-order valence-electron chi connectivity index (χ3n) is 7.12. The van der Waals surface area contributed by atoms with Crippen LogP contribution < -0.4 is 15.5 Å². The molecule has 11 heteroatoms. The van der Waals surface area contributed by atoms with Crippen LogP contribution in [0.3, 0.4) is 0 Å². The van der Waals surface area contributed by atoms with E-state index in [0.717, 1.165) is 24.5 Å². The number of hydrogen-bond acceptors (Lipinski definition) is 7. The summed E-state index contributed by atoms with van der Waals surface area (Å²) < 4.78 is 24.0. The smallest absolute Gasteiger partial charge is 0.323 e. The number of amides is 3. The molecule has 0 unspecified atom stereocenters. The summed E-state index contributed by atoms with van der Waals surface area (Å²) in [5.41, 5.74) is 3.33. The van der Waals surface area contributed by atoms with Crippen LogP contribution in [0.5, 0.6) is 0 Å². The third-order valence-corrected chi connectivity index (χ3v) is 8.35. The van der Waals surface area contributed by atoms with Gasteiger partial charge < -0.3 is 10.6 Å². The highest BCUT2D eigenvalue weighted by Crippen LogP contribution is 2.40. The molecule has 2 N–H and O–H groups in total. The minimum Gasteiger partial charge on any atom is -0.346 e. The fraction of sp³-hybridized carbons (Fsp3) is 0.250. The van der Waals surface area contributed by atoms with Gasteiger partial charge in [-0.2, -0.15) is 0 Å². The molecular formula is C28H26N6O4S. The Morgan fingerprint density at radius 1 is 1.08 bits per heavy atom. The minimum atomic E-state index is -3.45. The second-order valence-corrected chi connectivity index (χ2v) is 12.2. The Morgan fingerprint density at radius 3 is 2.62 bits per heavy atom. The van der Waals surface area contributed by atoms with E-state index in [2.05, 4.69) is 15.6 Å². The number of fused-ring (bicyclic) bond motifs is 1. The summed E-state index contributed by atoms with van der Waals surface area (Å²) in [7, 11) is -3.45. The predicted octanol–water partition coefficient (Wildman–Crippen LogP) is 3.40. The van der Waals surface area contributed by atoms with Crippen molar-refractivity contribution in [3.63, 3.8) is 0 Å². The highest BCUT2D eigenvalue weighted by atomic mass is 32.2. The Bertz CT molecular complexity index is 1770. The molecule has 4 aromatic rings. The van der Waals surface area contributed by atoms with Gasteiger partial charge >= 0.3 is 6.03 Å². The van der Waals surface area contributed by atoms with Gasteiger partial charge in [0.25, 0.3) is 5.91 Å². The Hall–Kier alpha value is -4.38. The first-order valence-corrected chi connectivity index (χ1v) is 14.4. The standard InChI is InChI=1S/C28H26N6O4S/c1-17-6-7-18(12-24(17)39(2,37)38)26(35)30-15-20-13-23-19(14-29-20)8-9-22(31-23)21-4-3-5-25(32-21)34-16-28(10-11-28)33-27(34)36/h3-9,12-14H,10-11,15-16H2,1-2H3,(H,30,35)(H,33,36). The molecule has 1 aliphatic heterocycles. The molecule has 1 saturated carbocycles. The second-order valence-electron chi connectivity index (χ2n) is 10.2. The molecular weight excluding hydrogens is 516 g/mol. The van der Waals surface area contributed by atoms with E-state index < -0.39 is 15.7 Å². The SMILES string of the molecule is Cc1ccc(C(=O)NCc2cc3nc(-c4cccc(N5CC6(CC6)NC5=O)n4)ccc3cn2)cc1S(C)(=O)=O. The number of benzene rings is 1. The van der Waals surface area contributed by atoms with Gasteiger partial charge in [-0.3, -0.25) is 14.7 Å². The van der Waals surface area contributed by atoms with Crippen molar-refractivity contribution in [2.24, 2.45) is 0 Å². The number of sulfone groups is 1. The van der Waals surface area contributed by atoms with Gasteiger partial charge in [0, 0.05) is 23.4 Å². The van der Waals surface area contributed by atoms with Gasteiger partial charge in [-0.25, -0.2) is 23.2 Å². The van der Waals surface area contributed by atoms with E-state index in [1.54, 1.807) is 36.2 Å². The van der Waals surface area contributed by atoms with Crippen molar-refractivity contribution in [3.8, 4) is 11.4 Å². The molecule has 198 valence electrons. The minimum absolute atomic E-state index is 0.0930. The van der Waals surface area contributed by atoms with Crippen molar-refractivity contribution in [2.75, 3.05) is 17.7 Å². The van der Waals surface area contributed by atoms with Crippen LogP contribution in [0.4, 0.5) is 10.6 Å². The molecule has 4 heterocycles. The normalized spacial score (nSPS) is 15.9. The number of nitrogens with one attached hydrogen (secondary N) is 2. The number of nitrogens with zero attached hydrogens (tertiary/aromatic N) is 4. The van der Waals surface area contributed by atoms with E-state index in [9.17, 15) is 18.0 Å². The maximum atomic E-state index is 12.7. The van der Waals surface area contributed by atoms with Crippen molar-refractivity contribution < 1.29 is 18.0 Å². The largest absolute Gasteiger partial charge is 0.346 e. The molecule has 0 radical (unpaired) electrons. The fourth-order valence-electron chi connectivity index (χ4n) is 4.75. The van der Waals surface area contributed by atoms with Crippen molar-refractivity contribution in [1.29, 1.82) is 0 Å². The molecule has 0 bridgehead atoms. The fourth-order valence-corrected chi connectivity index (χ4v) is 5.75. The van der Waals surface area contributed by atoms with Gasteiger partial charge in [0.15, 0.2) is 9.84 Å². The summed E-state index contributed by atoms with van der Waals surface area (Å²) in [6.45, 7) is 2.45. The number of anilines is 1. The second kappa shape index (κ2) is 9.12. The molecule has 0 atom stereocenters. The van der Waals surface area contributed by atoms with Gasteiger partial charge in [-0.05, 0) is 67.8 Å². The van der Waals surface area contributed by atoms with Crippen LogP contribution >= 0.6 is 0 Å². The number of urea groups is 1. The van der Waals surface area contributed by atoms with Crippen molar-refractivity contribution in [2.45, 2.75) is 36.7 Å². The summed E-state index contributed by atoms with van der Waals surface area (Å²) in [6, 6.07) is 15.6. The van der Waals surface area contributed by atoms with E-state index in [-0.39, 0.29) is 28.6 Å². The lowest BCUT2D eigenvalue weighted by atomic mass is 10.1. The van der Waals surface area contributed by atoms with E-state index in [1.807, 2.05) is 30.3 Å². The first-order valence-electron chi connectivity index (χ1n) is 12.5. The van der Waals surface area contributed by atoms with Gasteiger partial charge in [-0.1, -0.05) is 12.1 Å². The third kappa shape index (κ3) is 4.92. The number of aryl methyl sites for hydroxylation is 1. The molecule has 3 amide bonds. The molecule has 39 heavy (non-hydrogen) atoms. The number of pyridine rings is 3. The molecule has 10 nitrogen and oxygen atoms in total. The Balaban J connectivity index is 1.21. The summed E-state index contributed by atoms with van der Waals surface area (Å²) in [5, 5.41) is 6.68. The monoisotopic (exact) mass is 542 g/mol. The zero-order chi connectivity index (χ0) is 27.4. The quantitative estimate of drug-likeness (QED) is 0.381. The van der Waals surface area contributed by atoms with E-state index in [4.69, 9.17) is 9.97 Å². The van der Waals surface area contributed by atoms with Gasteiger partial charge in [0.2, 0.25) is 0 Å². The van der Waals surface area contributed by atoms with Crippen LogP contribution in [0.15, 0.2) is 65.7 Å². The molecule has 2 fully saturated rings. The maximum Gasteiger partial charge on any atom is 0.323 e. The van der Waals surface area contributed by atoms with Gasteiger partial charge in [-0.15, -0.1) is 0 Å². The van der Waals surface area contributed by atoms with Crippen LogP contribution in [0.1, 0.15) is 34.5 Å². The van der Waals surface area contributed by atoms with Crippen LogP contribution in [0.25, 0.3) is 22.3 Å². The van der Waals surface area contributed by atoms with Crippen LogP contribution in [0.2, 0.25) is 0 Å². The zero-order valence-electron chi connectivity index (χ0n) is 21.4. The summed E-state index contributed by atoms with van der Waals surface area (Å²) in [4.78, 5) is 40.9. The van der Waals surface area contributed by atoms with Crippen LogP contribution in [-0.4, -0.2) is 53.6 Å². The molecule has 1 saturated heterocycles. The molecule has 6 rings (SSSR count). The summed E-state index contributed by atoms with van der Waals surface area (Å²) in [6.07, 6.45) is 4.79. The lowest BCUT2D eigenvalue weighted by Crippen LogP contribution is -2.29.